The van der Waals surface area contributed by atoms with Crippen molar-refractivity contribution in [3.63, 3.8) is 0 Å². The van der Waals surface area contributed by atoms with Crippen molar-refractivity contribution < 1.29 is 9.47 Å². The van der Waals surface area contributed by atoms with Gasteiger partial charge in [-0.3, -0.25) is 0 Å². The van der Waals surface area contributed by atoms with Gasteiger partial charge in [0.2, 0.25) is 0 Å². The number of hydrogen-bond donors (Lipinski definition) is 1. The van der Waals surface area contributed by atoms with Gasteiger partial charge in [0.25, 0.3) is 0 Å². The van der Waals surface area contributed by atoms with E-state index in [4.69, 9.17) is 15.2 Å². The van der Waals surface area contributed by atoms with E-state index in [1.807, 2.05) is 12.1 Å². The predicted octanol–water partition coefficient (Wildman–Crippen LogP) is 3.04. The number of ether oxygens (including phenoxy) is 2. The molecule has 2 N–H and O–H groups in total. The fourth-order valence-electron chi connectivity index (χ4n) is 1.46. The number of benzene rings is 1. The molecule has 88 valence electrons. The third-order valence-electron chi connectivity index (χ3n) is 2.32. The van der Waals surface area contributed by atoms with Gasteiger partial charge in [0.05, 0.1) is 14.2 Å². The van der Waals surface area contributed by atoms with Gasteiger partial charge in [-0.2, -0.15) is 0 Å². The summed E-state index contributed by atoms with van der Waals surface area (Å²) in [5, 5.41) is 0. The van der Waals surface area contributed by atoms with Crippen molar-refractivity contribution in [2.45, 2.75) is 12.5 Å². The molecule has 0 aliphatic carbocycles. The highest BCUT2D eigenvalue weighted by molar-refractivity contribution is 9.10. The Balaban J connectivity index is 3.15. The normalized spacial score (nSPS) is 12.0. The van der Waals surface area contributed by atoms with Gasteiger partial charge < -0.3 is 15.2 Å². The number of nitrogens with two attached hydrogens (primary N) is 1. The topological polar surface area (TPSA) is 44.5 Å². The molecule has 0 bridgehead atoms. The Hall–Kier alpha value is -1.00. The third-order valence-corrected chi connectivity index (χ3v) is 3.01. The molecule has 0 heterocycles. The molecule has 1 aromatic carbocycles. The van der Waals surface area contributed by atoms with Gasteiger partial charge in [-0.15, -0.1) is 6.58 Å². The van der Waals surface area contributed by atoms with Crippen molar-refractivity contribution >= 4 is 15.9 Å². The molecular weight excluding hydrogens is 270 g/mol. The van der Waals surface area contributed by atoms with Crippen LogP contribution in [-0.4, -0.2) is 14.2 Å². The number of halogens is 1. The van der Waals surface area contributed by atoms with Gasteiger partial charge in [-0.1, -0.05) is 22.0 Å². The minimum Gasteiger partial charge on any atom is -0.493 e. The molecular formula is C12H16BrNO2. The van der Waals surface area contributed by atoms with Gasteiger partial charge in [-0.25, -0.2) is 0 Å². The Morgan fingerprint density at radius 1 is 1.38 bits per heavy atom. The largest absolute Gasteiger partial charge is 0.493 e. The van der Waals surface area contributed by atoms with Crippen LogP contribution in [-0.2, 0) is 0 Å². The van der Waals surface area contributed by atoms with Crippen molar-refractivity contribution in [2.75, 3.05) is 14.2 Å². The maximum absolute atomic E-state index is 6.02. The fraction of sp³-hybridized carbons (Fsp3) is 0.333. The molecule has 0 saturated heterocycles. The van der Waals surface area contributed by atoms with E-state index in [1.165, 1.54) is 0 Å². The van der Waals surface area contributed by atoms with Crippen molar-refractivity contribution in [3.05, 3.63) is 34.8 Å². The molecule has 4 heteroatoms. The standard InChI is InChI=1S/C12H16BrNO2/c1-4-5-10(14)8-6-11(15-2)12(16-3)7-9(8)13/h4,6-7,10H,1,5,14H2,2-3H3/t10-/m0/s1. The van der Waals surface area contributed by atoms with Crippen molar-refractivity contribution in [3.8, 4) is 11.5 Å². The lowest BCUT2D eigenvalue weighted by molar-refractivity contribution is 0.354. The van der Waals surface area contributed by atoms with Crippen LogP contribution in [0.5, 0.6) is 11.5 Å². The highest BCUT2D eigenvalue weighted by atomic mass is 79.9. The van der Waals surface area contributed by atoms with E-state index in [0.29, 0.717) is 17.9 Å². The summed E-state index contributed by atoms with van der Waals surface area (Å²) >= 11 is 3.47. The van der Waals surface area contributed by atoms with Crippen LogP contribution in [0.15, 0.2) is 29.3 Å². The monoisotopic (exact) mass is 285 g/mol. The van der Waals surface area contributed by atoms with E-state index in [1.54, 1.807) is 20.3 Å². The maximum Gasteiger partial charge on any atom is 0.161 e. The van der Waals surface area contributed by atoms with Gasteiger partial charge in [-0.05, 0) is 24.1 Å². The summed E-state index contributed by atoms with van der Waals surface area (Å²) in [4.78, 5) is 0. The first kappa shape index (κ1) is 13.1. The summed E-state index contributed by atoms with van der Waals surface area (Å²) in [7, 11) is 3.21. The molecule has 3 nitrogen and oxygen atoms in total. The Kier molecular flexibility index (Phi) is 4.83. The summed E-state index contributed by atoms with van der Waals surface area (Å²) < 4.78 is 11.3. The van der Waals surface area contributed by atoms with Gasteiger partial charge in [0.1, 0.15) is 0 Å². The molecule has 0 amide bonds. The summed E-state index contributed by atoms with van der Waals surface area (Å²) in [5.41, 5.74) is 7.01. The molecule has 0 unspecified atom stereocenters. The SMILES string of the molecule is C=CC[C@H](N)c1cc(OC)c(OC)cc1Br. The van der Waals surface area contributed by atoms with Crippen LogP contribution in [0.2, 0.25) is 0 Å². The molecule has 0 radical (unpaired) electrons. The Morgan fingerprint density at radius 2 is 1.94 bits per heavy atom. The second-order valence-corrected chi connectivity index (χ2v) is 4.21. The highest BCUT2D eigenvalue weighted by Crippen LogP contribution is 2.36. The highest BCUT2D eigenvalue weighted by Gasteiger charge is 2.13. The van der Waals surface area contributed by atoms with Gasteiger partial charge >= 0.3 is 0 Å². The lowest BCUT2D eigenvalue weighted by Crippen LogP contribution is -2.10. The summed E-state index contributed by atoms with van der Waals surface area (Å²) in [6, 6.07) is 3.65. The van der Waals surface area contributed by atoms with Crippen LogP contribution in [0.1, 0.15) is 18.0 Å². The zero-order chi connectivity index (χ0) is 12.1. The summed E-state index contributed by atoms with van der Waals surface area (Å²) in [5.74, 6) is 1.36. The quantitative estimate of drug-likeness (QED) is 0.846. The predicted molar refractivity (Wildman–Crippen MR) is 69.0 cm³/mol. The lowest BCUT2D eigenvalue weighted by atomic mass is 10.0. The van der Waals surface area contributed by atoms with E-state index in [0.717, 1.165) is 10.0 Å². The molecule has 1 rings (SSSR count). The molecule has 16 heavy (non-hydrogen) atoms. The molecule has 1 atom stereocenters. The molecule has 0 aliphatic heterocycles. The second-order valence-electron chi connectivity index (χ2n) is 3.36. The fourth-order valence-corrected chi connectivity index (χ4v) is 2.08. The van der Waals surface area contributed by atoms with E-state index in [2.05, 4.69) is 22.5 Å². The maximum atomic E-state index is 6.02. The average molecular weight is 286 g/mol. The first-order valence-corrected chi connectivity index (χ1v) is 5.71. The van der Waals surface area contributed by atoms with E-state index in [9.17, 15) is 0 Å². The molecule has 1 aromatic rings. The molecule has 0 saturated carbocycles. The molecule has 0 spiro atoms. The zero-order valence-electron chi connectivity index (χ0n) is 9.50. The van der Waals surface area contributed by atoms with Gasteiger partial charge in [0.15, 0.2) is 11.5 Å². The van der Waals surface area contributed by atoms with Crippen LogP contribution < -0.4 is 15.2 Å². The lowest BCUT2D eigenvalue weighted by Gasteiger charge is -2.15. The smallest absolute Gasteiger partial charge is 0.161 e. The van der Waals surface area contributed by atoms with Crippen LogP contribution in [0.25, 0.3) is 0 Å². The number of hydrogen-bond acceptors (Lipinski definition) is 3. The zero-order valence-corrected chi connectivity index (χ0v) is 11.1. The van der Waals surface area contributed by atoms with Crippen LogP contribution in [0.4, 0.5) is 0 Å². The van der Waals surface area contributed by atoms with Crippen molar-refractivity contribution in [1.82, 2.24) is 0 Å². The number of methoxy groups -OCH3 is 2. The van der Waals surface area contributed by atoms with Crippen molar-refractivity contribution in [2.24, 2.45) is 5.73 Å². The molecule has 0 fully saturated rings. The molecule has 0 aromatic heterocycles. The van der Waals surface area contributed by atoms with Crippen LogP contribution in [0.3, 0.4) is 0 Å². The minimum absolute atomic E-state index is 0.0910. The number of rotatable bonds is 5. The minimum atomic E-state index is -0.0910. The Labute approximate surface area is 104 Å². The average Bonchev–Trinajstić information content (AvgIpc) is 2.28. The van der Waals surface area contributed by atoms with Crippen molar-refractivity contribution in [1.29, 1.82) is 0 Å². The van der Waals surface area contributed by atoms with E-state index < -0.39 is 0 Å². The third kappa shape index (κ3) is 2.77. The van der Waals surface area contributed by atoms with Crippen LogP contribution in [0, 0.1) is 0 Å². The summed E-state index contributed by atoms with van der Waals surface area (Å²) in [6.45, 7) is 3.68. The molecule has 0 aliphatic rings. The van der Waals surface area contributed by atoms with E-state index >= 15 is 0 Å². The Bertz CT molecular complexity index is 380. The van der Waals surface area contributed by atoms with Crippen LogP contribution >= 0.6 is 15.9 Å². The van der Waals surface area contributed by atoms with E-state index in [-0.39, 0.29) is 6.04 Å². The second kappa shape index (κ2) is 5.92. The first-order valence-electron chi connectivity index (χ1n) is 4.92. The first-order chi connectivity index (χ1) is 7.63. The Morgan fingerprint density at radius 3 is 2.44 bits per heavy atom. The van der Waals surface area contributed by atoms with Gasteiger partial charge in [0, 0.05) is 10.5 Å². The summed E-state index contributed by atoms with van der Waals surface area (Å²) in [6.07, 6.45) is 2.52.